The van der Waals surface area contributed by atoms with Crippen molar-refractivity contribution in [3.05, 3.63) is 17.1 Å². The molecule has 0 spiro atoms. The van der Waals surface area contributed by atoms with Crippen LogP contribution in [0.3, 0.4) is 0 Å². The second-order valence-corrected chi connectivity index (χ2v) is 3.65. The fraction of sp³-hybridized carbons (Fsp3) is 0.500. The Hall–Kier alpha value is -1.95. The van der Waals surface area contributed by atoms with E-state index in [0.717, 1.165) is 0 Å². The Kier molecular flexibility index (Phi) is 4.61. The Morgan fingerprint density at radius 3 is 2.53 bits per heavy atom. The summed E-state index contributed by atoms with van der Waals surface area (Å²) in [6.07, 6.45) is -3.80. The van der Waals surface area contributed by atoms with E-state index < -0.39 is 25.6 Å². The third kappa shape index (κ3) is 3.75. The highest BCUT2D eigenvalue weighted by Gasteiger charge is 2.41. The smallest absolute Gasteiger partial charge is 0.330 e. The maximum absolute atomic E-state index is 12.5. The van der Waals surface area contributed by atoms with Crippen LogP contribution in [0.5, 0.6) is 0 Å². The topological polar surface area (TPSA) is 84.8 Å². The van der Waals surface area contributed by atoms with Gasteiger partial charge in [0.05, 0.1) is 5.69 Å². The first-order valence-electron chi connectivity index (χ1n) is 5.04. The molecule has 0 radical (unpaired) electrons. The monoisotopic (exact) mass is 278 g/mol. The molecule has 1 rings (SSSR count). The number of alkyl halides is 4. The number of ether oxygens (including phenoxy) is 1. The molecule has 0 aromatic carbocycles. The third-order valence-corrected chi connectivity index (χ3v) is 2.12. The lowest BCUT2D eigenvalue weighted by atomic mass is 10.2. The van der Waals surface area contributed by atoms with Crippen molar-refractivity contribution in [3.63, 3.8) is 0 Å². The molecule has 0 atom stereocenters. The first-order chi connectivity index (χ1) is 8.77. The average Bonchev–Trinajstić information content (AvgIpc) is 2.28. The molecule has 1 aromatic heterocycles. The zero-order valence-corrected chi connectivity index (χ0v) is 9.83. The number of aryl methyl sites for hydroxylation is 1. The summed E-state index contributed by atoms with van der Waals surface area (Å²) in [7, 11) is 0. The molecule has 19 heavy (non-hydrogen) atoms. The van der Waals surface area contributed by atoms with Crippen molar-refractivity contribution in [1.82, 2.24) is 9.97 Å². The Labute approximate surface area is 106 Å². The number of anilines is 1. The second kappa shape index (κ2) is 5.79. The molecule has 0 fully saturated rings. The molecule has 1 aromatic rings. The van der Waals surface area contributed by atoms with Gasteiger partial charge in [0.15, 0.2) is 5.82 Å². The van der Waals surface area contributed by atoms with E-state index in [1.807, 2.05) is 0 Å². The van der Waals surface area contributed by atoms with Crippen LogP contribution < -0.4 is 5.73 Å². The number of nitrogens with two attached hydrogens (primary N) is 1. The summed E-state index contributed by atoms with van der Waals surface area (Å²) in [5.74, 6) is -4.40. The molecular formula is C10H10F4N4O. The summed E-state index contributed by atoms with van der Waals surface area (Å²) in [6, 6.07) is 1.78. The average molecular weight is 278 g/mol. The molecule has 0 aliphatic carbocycles. The Morgan fingerprint density at radius 1 is 1.42 bits per heavy atom. The summed E-state index contributed by atoms with van der Waals surface area (Å²) < 4.78 is 53.2. The van der Waals surface area contributed by atoms with Crippen LogP contribution in [0.4, 0.5) is 23.4 Å². The van der Waals surface area contributed by atoms with Gasteiger partial charge in [-0.1, -0.05) is 0 Å². The van der Waals surface area contributed by atoms with Crippen LogP contribution >= 0.6 is 0 Å². The van der Waals surface area contributed by atoms with Crippen LogP contribution in [0.25, 0.3) is 0 Å². The number of nitriles is 1. The normalized spacial score (nSPS) is 11.6. The molecule has 0 aliphatic rings. The highest BCUT2D eigenvalue weighted by molar-refractivity contribution is 5.50. The molecule has 9 heteroatoms. The zero-order chi connectivity index (χ0) is 14.6. The minimum Gasteiger partial charge on any atom is -0.382 e. The van der Waals surface area contributed by atoms with Crippen LogP contribution in [-0.2, 0) is 11.3 Å². The summed E-state index contributed by atoms with van der Waals surface area (Å²) in [5, 5.41) is 8.71. The lowest BCUT2D eigenvalue weighted by Gasteiger charge is -2.14. The molecule has 1 heterocycles. The molecule has 0 unspecified atom stereocenters. The number of nitrogens with zero attached hydrogens (tertiary/aromatic N) is 3. The number of hydrogen-bond acceptors (Lipinski definition) is 5. The molecule has 104 valence electrons. The van der Waals surface area contributed by atoms with Gasteiger partial charge in [-0.05, 0) is 6.92 Å². The van der Waals surface area contributed by atoms with E-state index in [9.17, 15) is 17.6 Å². The molecule has 0 bridgehead atoms. The Balaban J connectivity index is 2.68. The van der Waals surface area contributed by atoms with Crippen LogP contribution in [0, 0.1) is 18.3 Å². The van der Waals surface area contributed by atoms with Gasteiger partial charge < -0.3 is 10.5 Å². The van der Waals surface area contributed by atoms with Gasteiger partial charge in [-0.3, -0.25) is 0 Å². The van der Waals surface area contributed by atoms with E-state index in [1.165, 1.54) is 6.92 Å². The lowest BCUT2D eigenvalue weighted by Crippen LogP contribution is -2.32. The summed E-state index contributed by atoms with van der Waals surface area (Å²) in [4.78, 5) is 7.45. The molecule has 0 saturated heterocycles. The van der Waals surface area contributed by atoms with Crippen LogP contribution in [0.2, 0.25) is 0 Å². The molecule has 2 N–H and O–H groups in total. The number of rotatable bonds is 5. The first-order valence-corrected chi connectivity index (χ1v) is 5.04. The van der Waals surface area contributed by atoms with E-state index in [0.29, 0.717) is 0 Å². The zero-order valence-electron chi connectivity index (χ0n) is 9.83. The van der Waals surface area contributed by atoms with Crippen molar-refractivity contribution in [2.75, 3.05) is 12.3 Å². The molecular weight excluding hydrogens is 268 g/mol. The Morgan fingerprint density at radius 2 is 2.05 bits per heavy atom. The van der Waals surface area contributed by atoms with Gasteiger partial charge in [0.1, 0.15) is 30.7 Å². The van der Waals surface area contributed by atoms with Gasteiger partial charge >= 0.3 is 12.3 Å². The maximum Gasteiger partial charge on any atom is 0.330 e. The van der Waals surface area contributed by atoms with E-state index in [2.05, 4.69) is 14.7 Å². The van der Waals surface area contributed by atoms with Crippen molar-refractivity contribution in [3.8, 4) is 6.07 Å². The fourth-order valence-electron chi connectivity index (χ4n) is 1.20. The third-order valence-electron chi connectivity index (χ3n) is 2.12. The van der Waals surface area contributed by atoms with Gasteiger partial charge in [0.2, 0.25) is 0 Å². The number of hydrogen-bond donors (Lipinski definition) is 1. The van der Waals surface area contributed by atoms with Crippen LogP contribution in [0.15, 0.2) is 0 Å². The van der Waals surface area contributed by atoms with Crippen molar-refractivity contribution in [2.45, 2.75) is 25.9 Å². The quantitative estimate of drug-likeness (QED) is 0.828. The summed E-state index contributed by atoms with van der Waals surface area (Å²) in [5.41, 5.74) is 5.77. The number of halogens is 4. The standard InChI is InChI=1S/C10H10F4N4O/c1-5-6(2-15)8(16)18-7(17-5)3-19-4-10(13,14)9(11)12/h9H,3-4H2,1H3,(H2,16,17,18). The van der Waals surface area contributed by atoms with Crippen LogP contribution in [-0.4, -0.2) is 28.9 Å². The highest BCUT2D eigenvalue weighted by atomic mass is 19.3. The van der Waals surface area contributed by atoms with Gasteiger partial charge in [-0.25, -0.2) is 18.7 Å². The van der Waals surface area contributed by atoms with Gasteiger partial charge in [0.25, 0.3) is 0 Å². The lowest BCUT2D eigenvalue weighted by molar-refractivity contribution is -0.168. The largest absolute Gasteiger partial charge is 0.382 e. The predicted octanol–water partition coefficient (Wildman–Crippen LogP) is 1.66. The van der Waals surface area contributed by atoms with Gasteiger partial charge in [-0.2, -0.15) is 14.0 Å². The second-order valence-electron chi connectivity index (χ2n) is 3.65. The van der Waals surface area contributed by atoms with Crippen molar-refractivity contribution >= 4 is 5.82 Å². The van der Waals surface area contributed by atoms with Crippen molar-refractivity contribution in [2.24, 2.45) is 0 Å². The molecule has 0 saturated carbocycles. The minimum atomic E-state index is -4.23. The highest BCUT2D eigenvalue weighted by Crippen LogP contribution is 2.23. The predicted molar refractivity (Wildman–Crippen MR) is 56.5 cm³/mol. The Bertz CT molecular complexity index is 478. The molecule has 0 aliphatic heterocycles. The van der Waals surface area contributed by atoms with Gasteiger partial charge in [0, 0.05) is 0 Å². The minimum absolute atomic E-state index is 0.0564. The van der Waals surface area contributed by atoms with Crippen molar-refractivity contribution < 1.29 is 22.3 Å². The van der Waals surface area contributed by atoms with Gasteiger partial charge in [-0.15, -0.1) is 0 Å². The van der Waals surface area contributed by atoms with E-state index in [-0.39, 0.29) is 22.9 Å². The molecule has 5 nitrogen and oxygen atoms in total. The maximum atomic E-state index is 12.5. The fourth-order valence-corrected chi connectivity index (χ4v) is 1.20. The van der Waals surface area contributed by atoms with Crippen LogP contribution in [0.1, 0.15) is 17.1 Å². The van der Waals surface area contributed by atoms with E-state index >= 15 is 0 Å². The summed E-state index contributed by atoms with van der Waals surface area (Å²) in [6.45, 7) is -0.472. The summed E-state index contributed by atoms with van der Waals surface area (Å²) >= 11 is 0. The SMILES string of the molecule is Cc1nc(COCC(F)(F)C(F)F)nc(N)c1C#N. The number of aromatic nitrogens is 2. The first kappa shape index (κ1) is 15.1. The van der Waals surface area contributed by atoms with Crippen molar-refractivity contribution in [1.29, 1.82) is 5.26 Å². The van der Waals surface area contributed by atoms with E-state index in [4.69, 9.17) is 11.0 Å². The number of nitrogen functional groups attached to an aromatic ring is 1. The van der Waals surface area contributed by atoms with E-state index in [1.54, 1.807) is 6.07 Å². The molecule has 0 amide bonds.